The van der Waals surface area contributed by atoms with E-state index in [0.29, 0.717) is 5.76 Å². The maximum Gasteiger partial charge on any atom is 0.148 e. The second-order valence-electron chi connectivity index (χ2n) is 2.46. The molecule has 0 radical (unpaired) electrons. The lowest BCUT2D eigenvalue weighted by Gasteiger charge is -1.82. The molecule has 0 saturated carbocycles. The molecule has 0 spiro atoms. The van der Waals surface area contributed by atoms with Crippen LogP contribution >= 0.6 is 0 Å². The quantitative estimate of drug-likeness (QED) is 0.392. The number of nitrogens with zero attached hydrogens (tertiary/aromatic N) is 1. The van der Waals surface area contributed by atoms with Gasteiger partial charge in [0, 0.05) is 5.39 Å². The fourth-order valence-electron chi connectivity index (χ4n) is 1.14. The van der Waals surface area contributed by atoms with Crippen LogP contribution in [0.3, 0.4) is 0 Å². The van der Waals surface area contributed by atoms with Crippen molar-refractivity contribution < 1.29 is 4.42 Å². The molecule has 1 aromatic heterocycles. The van der Waals surface area contributed by atoms with Gasteiger partial charge in [0.25, 0.3) is 0 Å². The van der Waals surface area contributed by atoms with E-state index in [1.807, 2.05) is 30.3 Å². The Balaban J connectivity index is 2.62. The summed E-state index contributed by atoms with van der Waals surface area (Å²) in [5.74, 6) is 5.67. The Morgan fingerprint density at radius 1 is 1.33 bits per heavy atom. The summed E-state index contributed by atoms with van der Waals surface area (Å²) in [6.07, 6.45) is 1.49. The first-order valence-electron chi connectivity index (χ1n) is 3.62. The Labute approximate surface area is 69.5 Å². The van der Waals surface area contributed by atoms with Gasteiger partial charge in [-0.15, -0.1) is 0 Å². The van der Waals surface area contributed by atoms with Gasteiger partial charge in [0.15, 0.2) is 0 Å². The van der Waals surface area contributed by atoms with Crippen LogP contribution in [-0.4, -0.2) is 6.21 Å². The fraction of sp³-hybridized carbons (Fsp3) is 0. The molecule has 2 aromatic rings. The van der Waals surface area contributed by atoms with Crippen molar-refractivity contribution in [3.8, 4) is 0 Å². The molecule has 0 unspecified atom stereocenters. The second-order valence-corrected chi connectivity index (χ2v) is 2.46. The Bertz CT molecular complexity index is 384. The van der Waals surface area contributed by atoms with E-state index in [1.54, 1.807) is 0 Å². The highest BCUT2D eigenvalue weighted by atomic mass is 16.3. The molecule has 1 aromatic carbocycles. The highest BCUT2D eigenvalue weighted by Crippen LogP contribution is 2.16. The van der Waals surface area contributed by atoms with E-state index in [0.717, 1.165) is 11.0 Å². The number of hydrazone groups is 1. The van der Waals surface area contributed by atoms with Crippen molar-refractivity contribution in [2.45, 2.75) is 0 Å². The topological polar surface area (TPSA) is 51.5 Å². The molecule has 12 heavy (non-hydrogen) atoms. The van der Waals surface area contributed by atoms with Gasteiger partial charge in [-0.05, 0) is 12.1 Å². The Kier molecular flexibility index (Phi) is 1.55. The minimum absolute atomic E-state index is 0.679. The van der Waals surface area contributed by atoms with Crippen molar-refractivity contribution >= 4 is 17.2 Å². The van der Waals surface area contributed by atoms with Crippen LogP contribution in [0.5, 0.6) is 0 Å². The van der Waals surface area contributed by atoms with E-state index in [-0.39, 0.29) is 0 Å². The molecule has 0 fully saturated rings. The van der Waals surface area contributed by atoms with Crippen LogP contribution in [0.2, 0.25) is 0 Å². The maximum absolute atomic E-state index is 5.38. The summed E-state index contributed by atoms with van der Waals surface area (Å²) in [5, 5.41) is 4.44. The van der Waals surface area contributed by atoms with Crippen molar-refractivity contribution in [2.24, 2.45) is 10.9 Å². The SMILES string of the molecule is N/N=C\c1cc2ccccc2o1. The molecule has 2 rings (SSSR count). The van der Waals surface area contributed by atoms with E-state index in [4.69, 9.17) is 10.3 Å². The predicted octanol–water partition coefficient (Wildman–Crippen LogP) is 1.73. The molecule has 60 valence electrons. The lowest BCUT2D eigenvalue weighted by molar-refractivity contribution is 0.607. The van der Waals surface area contributed by atoms with Crippen molar-refractivity contribution in [2.75, 3.05) is 0 Å². The second kappa shape index (κ2) is 2.70. The van der Waals surface area contributed by atoms with Crippen LogP contribution in [0.15, 0.2) is 39.9 Å². The molecule has 0 saturated heterocycles. The summed E-state index contributed by atoms with van der Waals surface area (Å²) < 4.78 is 5.38. The van der Waals surface area contributed by atoms with Gasteiger partial charge < -0.3 is 10.3 Å². The van der Waals surface area contributed by atoms with Gasteiger partial charge in [0.1, 0.15) is 11.3 Å². The summed E-state index contributed by atoms with van der Waals surface area (Å²) >= 11 is 0. The Morgan fingerprint density at radius 2 is 2.17 bits per heavy atom. The first-order valence-corrected chi connectivity index (χ1v) is 3.62. The third kappa shape index (κ3) is 1.05. The molecular weight excluding hydrogens is 152 g/mol. The van der Waals surface area contributed by atoms with Crippen molar-refractivity contribution in [1.82, 2.24) is 0 Å². The monoisotopic (exact) mass is 160 g/mol. The molecule has 3 heteroatoms. The molecule has 3 nitrogen and oxygen atoms in total. The van der Waals surface area contributed by atoms with Gasteiger partial charge in [0.2, 0.25) is 0 Å². The zero-order valence-electron chi connectivity index (χ0n) is 6.40. The van der Waals surface area contributed by atoms with Crippen LogP contribution in [-0.2, 0) is 0 Å². The zero-order chi connectivity index (χ0) is 8.39. The van der Waals surface area contributed by atoms with Gasteiger partial charge in [-0.1, -0.05) is 18.2 Å². The molecule has 1 heterocycles. The number of nitrogens with two attached hydrogens (primary N) is 1. The van der Waals surface area contributed by atoms with E-state index < -0.39 is 0 Å². The van der Waals surface area contributed by atoms with Crippen LogP contribution in [0.4, 0.5) is 0 Å². The Morgan fingerprint density at radius 3 is 2.92 bits per heavy atom. The average Bonchev–Trinajstić information content (AvgIpc) is 2.47. The summed E-state index contributed by atoms with van der Waals surface area (Å²) in [4.78, 5) is 0. The first kappa shape index (κ1) is 6.91. The standard InChI is InChI=1S/C9H8N2O/c10-11-6-8-5-7-3-1-2-4-9(7)12-8/h1-6H,10H2/b11-6-. The third-order valence-electron chi connectivity index (χ3n) is 1.65. The van der Waals surface area contributed by atoms with E-state index in [2.05, 4.69) is 5.10 Å². The molecule has 2 N–H and O–H groups in total. The normalized spacial score (nSPS) is 11.3. The summed E-state index contributed by atoms with van der Waals surface area (Å²) in [6, 6.07) is 9.66. The first-order chi connectivity index (χ1) is 5.90. The Hall–Kier alpha value is -1.77. The molecule has 0 amide bonds. The molecule has 0 aliphatic carbocycles. The number of fused-ring (bicyclic) bond motifs is 1. The van der Waals surface area contributed by atoms with Gasteiger partial charge in [0.05, 0.1) is 6.21 Å². The highest BCUT2D eigenvalue weighted by Gasteiger charge is 1.98. The van der Waals surface area contributed by atoms with Crippen LogP contribution in [0.1, 0.15) is 5.76 Å². The maximum atomic E-state index is 5.38. The molecule has 0 atom stereocenters. The minimum atomic E-state index is 0.679. The molecular formula is C9H8N2O. The molecule has 0 aliphatic rings. The number of furan rings is 1. The van der Waals surface area contributed by atoms with E-state index in [1.165, 1.54) is 6.21 Å². The van der Waals surface area contributed by atoms with Crippen LogP contribution < -0.4 is 5.84 Å². The number of benzene rings is 1. The molecule has 0 bridgehead atoms. The zero-order valence-corrected chi connectivity index (χ0v) is 6.40. The number of hydrogen-bond acceptors (Lipinski definition) is 3. The van der Waals surface area contributed by atoms with Crippen LogP contribution in [0, 0.1) is 0 Å². The van der Waals surface area contributed by atoms with Crippen molar-refractivity contribution in [3.63, 3.8) is 0 Å². The smallest absolute Gasteiger partial charge is 0.148 e. The van der Waals surface area contributed by atoms with E-state index >= 15 is 0 Å². The number of para-hydroxylation sites is 1. The minimum Gasteiger partial charge on any atom is -0.455 e. The van der Waals surface area contributed by atoms with Crippen molar-refractivity contribution in [3.05, 3.63) is 36.1 Å². The summed E-state index contributed by atoms with van der Waals surface area (Å²) in [5.41, 5.74) is 0.854. The molecule has 0 aliphatic heterocycles. The van der Waals surface area contributed by atoms with Crippen LogP contribution in [0.25, 0.3) is 11.0 Å². The predicted molar refractivity (Wildman–Crippen MR) is 48.0 cm³/mol. The van der Waals surface area contributed by atoms with E-state index in [9.17, 15) is 0 Å². The van der Waals surface area contributed by atoms with Gasteiger partial charge in [-0.25, -0.2) is 0 Å². The average molecular weight is 160 g/mol. The van der Waals surface area contributed by atoms with Crippen molar-refractivity contribution in [1.29, 1.82) is 0 Å². The lowest BCUT2D eigenvalue weighted by atomic mass is 10.2. The third-order valence-corrected chi connectivity index (χ3v) is 1.65. The van der Waals surface area contributed by atoms with Gasteiger partial charge in [-0.2, -0.15) is 5.10 Å². The van der Waals surface area contributed by atoms with Gasteiger partial charge in [-0.3, -0.25) is 0 Å². The largest absolute Gasteiger partial charge is 0.455 e. The fourth-order valence-corrected chi connectivity index (χ4v) is 1.14. The summed E-state index contributed by atoms with van der Waals surface area (Å²) in [7, 11) is 0. The number of hydrogen-bond donors (Lipinski definition) is 1. The highest BCUT2D eigenvalue weighted by molar-refractivity contribution is 5.86. The number of rotatable bonds is 1. The van der Waals surface area contributed by atoms with Gasteiger partial charge >= 0.3 is 0 Å². The lowest BCUT2D eigenvalue weighted by Crippen LogP contribution is -1.81. The summed E-state index contributed by atoms with van der Waals surface area (Å²) in [6.45, 7) is 0.